The molecule has 2 aromatic rings. The van der Waals surface area contributed by atoms with Crippen LogP contribution in [0, 0.1) is 0 Å². The molecule has 1 aliphatic heterocycles. The number of carbonyl (C=O) groups excluding carboxylic acids is 2. The fourth-order valence-corrected chi connectivity index (χ4v) is 2.68. The topological polar surface area (TPSA) is 86.7 Å². The largest absolute Gasteiger partial charge is 0.478 e. The van der Waals surface area contributed by atoms with E-state index in [0.29, 0.717) is 16.3 Å². The molecule has 2 aromatic carbocycles. The lowest BCUT2D eigenvalue weighted by molar-refractivity contribution is -0.116. The molecule has 0 aliphatic carbocycles. The molecule has 1 heterocycles. The average molecular weight is 345 g/mol. The first-order valence-corrected chi connectivity index (χ1v) is 7.53. The summed E-state index contributed by atoms with van der Waals surface area (Å²) in [5.41, 5.74) is 1.66. The number of hydrogen-bond acceptors (Lipinski definition) is 3. The predicted molar refractivity (Wildman–Crippen MR) is 88.2 cm³/mol. The van der Waals surface area contributed by atoms with E-state index in [9.17, 15) is 14.4 Å². The molecule has 7 heteroatoms. The smallest absolute Gasteiger partial charge is 0.335 e. The van der Waals surface area contributed by atoms with E-state index in [4.69, 9.17) is 16.7 Å². The third kappa shape index (κ3) is 3.23. The zero-order chi connectivity index (χ0) is 17.3. The van der Waals surface area contributed by atoms with Gasteiger partial charge in [-0.1, -0.05) is 23.7 Å². The van der Waals surface area contributed by atoms with Crippen molar-refractivity contribution >= 4 is 35.1 Å². The van der Waals surface area contributed by atoms with Gasteiger partial charge in [-0.05, 0) is 35.9 Å². The molecule has 2 N–H and O–H groups in total. The predicted octanol–water partition coefficient (Wildman–Crippen LogP) is 2.63. The Morgan fingerprint density at radius 1 is 1.17 bits per heavy atom. The van der Waals surface area contributed by atoms with Gasteiger partial charge in [-0.25, -0.2) is 4.79 Å². The molecule has 0 saturated carbocycles. The van der Waals surface area contributed by atoms with Crippen molar-refractivity contribution in [2.45, 2.75) is 6.54 Å². The summed E-state index contributed by atoms with van der Waals surface area (Å²) in [6.07, 6.45) is 0. The number of amides is 2. The number of nitrogens with one attached hydrogen (secondary N) is 1. The van der Waals surface area contributed by atoms with Gasteiger partial charge in [0.1, 0.15) is 6.54 Å². The summed E-state index contributed by atoms with van der Waals surface area (Å²) < 4.78 is 0. The standard InChI is InChI=1S/C17H13ClN2O4/c18-12-5-6-13-14(7-12)19-15(21)9-20(16(13)22)8-10-1-3-11(4-2-10)17(23)24/h1-7H,8-9H2,(H,19,21)(H,23,24). The summed E-state index contributed by atoms with van der Waals surface area (Å²) in [6.45, 7) is 0.111. The molecule has 24 heavy (non-hydrogen) atoms. The highest BCUT2D eigenvalue weighted by atomic mass is 35.5. The van der Waals surface area contributed by atoms with Crippen LogP contribution >= 0.6 is 11.6 Å². The SMILES string of the molecule is O=C1CN(Cc2ccc(C(=O)O)cc2)C(=O)c2ccc(Cl)cc2N1. The lowest BCUT2D eigenvalue weighted by atomic mass is 10.1. The highest BCUT2D eigenvalue weighted by molar-refractivity contribution is 6.31. The summed E-state index contributed by atoms with van der Waals surface area (Å²) in [6, 6.07) is 10.9. The Kier molecular flexibility index (Phi) is 4.22. The molecular weight excluding hydrogens is 332 g/mol. The second-order valence-corrected chi connectivity index (χ2v) is 5.84. The number of halogens is 1. The first kappa shape index (κ1) is 16.0. The Hall–Kier alpha value is -2.86. The zero-order valence-electron chi connectivity index (χ0n) is 12.5. The molecule has 0 radical (unpaired) electrons. The van der Waals surface area contributed by atoms with Gasteiger partial charge in [-0.3, -0.25) is 9.59 Å². The normalized spacial score (nSPS) is 14.0. The van der Waals surface area contributed by atoms with Crippen LogP contribution in [0.15, 0.2) is 42.5 Å². The number of fused-ring (bicyclic) bond motifs is 1. The number of aromatic carboxylic acids is 1. The van der Waals surface area contributed by atoms with Crippen molar-refractivity contribution in [2.75, 3.05) is 11.9 Å². The monoisotopic (exact) mass is 344 g/mol. The molecule has 1 aliphatic rings. The fourth-order valence-electron chi connectivity index (χ4n) is 2.51. The van der Waals surface area contributed by atoms with Crippen LogP contribution in [-0.2, 0) is 11.3 Å². The van der Waals surface area contributed by atoms with Crippen LogP contribution in [0.5, 0.6) is 0 Å². The second kappa shape index (κ2) is 6.33. The maximum absolute atomic E-state index is 12.7. The number of carbonyl (C=O) groups is 3. The molecule has 0 spiro atoms. The Morgan fingerprint density at radius 3 is 2.54 bits per heavy atom. The van der Waals surface area contributed by atoms with Gasteiger partial charge in [-0.15, -0.1) is 0 Å². The molecule has 2 amide bonds. The summed E-state index contributed by atoms with van der Waals surface area (Å²) in [5, 5.41) is 12.0. The Labute approximate surface area is 142 Å². The molecule has 3 rings (SSSR count). The number of carboxylic acid groups (broad SMARTS) is 1. The zero-order valence-corrected chi connectivity index (χ0v) is 13.2. The van der Waals surface area contributed by atoms with E-state index in [2.05, 4.69) is 5.32 Å². The van der Waals surface area contributed by atoms with Crippen LogP contribution in [0.4, 0.5) is 5.69 Å². The minimum Gasteiger partial charge on any atom is -0.478 e. The minimum absolute atomic E-state index is 0.0915. The van der Waals surface area contributed by atoms with E-state index in [1.54, 1.807) is 24.3 Å². The van der Waals surface area contributed by atoms with Crippen molar-refractivity contribution in [3.63, 3.8) is 0 Å². The molecule has 0 atom stereocenters. The second-order valence-electron chi connectivity index (χ2n) is 5.40. The molecule has 6 nitrogen and oxygen atoms in total. The third-order valence-corrected chi connectivity index (χ3v) is 3.92. The van der Waals surface area contributed by atoms with Crippen molar-refractivity contribution in [1.82, 2.24) is 4.90 Å². The van der Waals surface area contributed by atoms with Crippen LogP contribution in [0.25, 0.3) is 0 Å². The summed E-state index contributed by atoms with van der Waals surface area (Å²) >= 11 is 5.91. The van der Waals surface area contributed by atoms with E-state index >= 15 is 0 Å². The van der Waals surface area contributed by atoms with E-state index in [1.165, 1.54) is 23.1 Å². The van der Waals surface area contributed by atoms with E-state index in [0.717, 1.165) is 5.56 Å². The number of benzene rings is 2. The van der Waals surface area contributed by atoms with Gasteiger partial charge in [0.05, 0.1) is 16.8 Å². The Bertz CT molecular complexity index is 833. The highest BCUT2D eigenvalue weighted by Gasteiger charge is 2.26. The Morgan fingerprint density at radius 2 is 1.88 bits per heavy atom. The van der Waals surface area contributed by atoms with E-state index in [1.807, 2.05) is 0 Å². The van der Waals surface area contributed by atoms with Gasteiger partial charge in [0, 0.05) is 11.6 Å². The lowest BCUT2D eigenvalue weighted by Gasteiger charge is -2.19. The van der Waals surface area contributed by atoms with E-state index < -0.39 is 5.97 Å². The van der Waals surface area contributed by atoms with Crippen molar-refractivity contribution in [2.24, 2.45) is 0 Å². The van der Waals surface area contributed by atoms with Crippen molar-refractivity contribution in [3.05, 3.63) is 64.2 Å². The molecule has 0 aromatic heterocycles. The van der Waals surface area contributed by atoms with Crippen molar-refractivity contribution in [1.29, 1.82) is 0 Å². The van der Waals surface area contributed by atoms with Crippen LogP contribution in [0.2, 0.25) is 5.02 Å². The van der Waals surface area contributed by atoms with E-state index in [-0.39, 0.29) is 30.5 Å². The molecule has 0 bridgehead atoms. The Balaban J connectivity index is 1.87. The number of anilines is 1. The minimum atomic E-state index is -1.02. The van der Waals surface area contributed by atoms with Gasteiger partial charge in [0.25, 0.3) is 5.91 Å². The number of hydrogen-bond donors (Lipinski definition) is 2. The molecule has 122 valence electrons. The van der Waals surface area contributed by atoms with Gasteiger partial charge >= 0.3 is 5.97 Å². The van der Waals surface area contributed by atoms with Gasteiger partial charge in [-0.2, -0.15) is 0 Å². The average Bonchev–Trinajstić information content (AvgIpc) is 2.64. The van der Waals surface area contributed by atoms with Crippen LogP contribution in [0.1, 0.15) is 26.3 Å². The first-order valence-electron chi connectivity index (χ1n) is 7.15. The highest BCUT2D eigenvalue weighted by Crippen LogP contribution is 2.25. The lowest BCUT2D eigenvalue weighted by Crippen LogP contribution is -2.34. The van der Waals surface area contributed by atoms with Crippen LogP contribution in [-0.4, -0.2) is 34.3 Å². The fraction of sp³-hybridized carbons (Fsp3) is 0.118. The first-order chi connectivity index (χ1) is 11.4. The molecular formula is C17H13ClN2O4. The summed E-state index contributed by atoms with van der Waals surface area (Å²) in [7, 11) is 0. The van der Waals surface area contributed by atoms with Gasteiger partial charge < -0.3 is 15.3 Å². The van der Waals surface area contributed by atoms with Gasteiger partial charge in [0.15, 0.2) is 0 Å². The molecule has 0 unspecified atom stereocenters. The number of nitrogens with zero attached hydrogens (tertiary/aromatic N) is 1. The van der Waals surface area contributed by atoms with Crippen LogP contribution in [0.3, 0.4) is 0 Å². The number of rotatable bonds is 3. The van der Waals surface area contributed by atoms with Gasteiger partial charge in [0.2, 0.25) is 5.91 Å². The quantitative estimate of drug-likeness (QED) is 0.896. The summed E-state index contributed by atoms with van der Waals surface area (Å²) in [4.78, 5) is 37.0. The summed E-state index contributed by atoms with van der Waals surface area (Å²) in [5.74, 6) is -1.62. The number of carboxylic acids is 1. The van der Waals surface area contributed by atoms with Crippen molar-refractivity contribution < 1.29 is 19.5 Å². The molecule has 0 saturated heterocycles. The molecule has 0 fully saturated rings. The van der Waals surface area contributed by atoms with Crippen molar-refractivity contribution in [3.8, 4) is 0 Å². The maximum Gasteiger partial charge on any atom is 0.335 e. The van der Waals surface area contributed by atoms with Crippen LogP contribution < -0.4 is 5.32 Å². The third-order valence-electron chi connectivity index (χ3n) is 3.68. The maximum atomic E-state index is 12.7.